The van der Waals surface area contributed by atoms with E-state index in [9.17, 15) is 0 Å². The van der Waals surface area contributed by atoms with Gasteiger partial charge in [-0.1, -0.05) is 138 Å². The molecule has 0 bridgehead atoms. The van der Waals surface area contributed by atoms with Crippen LogP contribution in [0.5, 0.6) is 0 Å². The van der Waals surface area contributed by atoms with Crippen LogP contribution in [0.25, 0.3) is 54.9 Å². The van der Waals surface area contributed by atoms with Gasteiger partial charge in [0.2, 0.25) is 0 Å². The Morgan fingerprint density at radius 3 is 1.39 bits per heavy atom. The normalized spacial score (nSPS) is 25.1. The summed E-state index contributed by atoms with van der Waals surface area (Å²) in [7, 11) is 0. The number of nitrogens with zero attached hydrogens (tertiary/aromatic N) is 2. The van der Waals surface area contributed by atoms with Gasteiger partial charge in [0.25, 0.3) is 0 Å². The lowest BCUT2D eigenvalue weighted by molar-refractivity contribution is 0.194. The molecule has 0 aromatic heterocycles. The van der Waals surface area contributed by atoms with E-state index in [2.05, 4.69) is 212 Å². The Labute approximate surface area is 411 Å². The molecule has 13 rings (SSSR count). The van der Waals surface area contributed by atoms with Crippen molar-refractivity contribution in [3.8, 4) is 33.4 Å². The van der Waals surface area contributed by atoms with E-state index < -0.39 is 0 Å². The van der Waals surface area contributed by atoms with Crippen LogP contribution in [0.4, 0.5) is 22.7 Å². The first-order valence-electron chi connectivity index (χ1n) is 26.3. The van der Waals surface area contributed by atoms with Crippen molar-refractivity contribution in [2.45, 2.75) is 148 Å². The van der Waals surface area contributed by atoms with Crippen LogP contribution in [-0.4, -0.2) is 11.1 Å². The molecule has 0 amide bonds. The maximum Gasteiger partial charge on any atom is 0.0518 e. The zero-order chi connectivity index (χ0) is 47.6. The van der Waals surface area contributed by atoms with E-state index in [0.29, 0.717) is 0 Å². The minimum Gasteiger partial charge on any atom is -0.334 e. The first-order chi connectivity index (χ1) is 33.1. The van der Waals surface area contributed by atoms with Gasteiger partial charge in [-0.2, -0.15) is 0 Å². The third-order valence-corrected chi connectivity index (χ3v) is 19.9. The smallest absolute Gasteiger partial charge is 0.0518 e. The summed E-state index contributed by atoms with van der Waals surface area (Å²) >= 11 is 0. The van der Waals surface area contributed by atoms with Crippen molar-refractivity contribution >= 4 is 44.3 Å². The molecule has 0 saturated heterocycles. The van der Waals surface area contributed by atoms with Gasteiger partial charge < -0.3 is 9.80 Å². The molecule has 2 heteroatoms. The number of hydrogen-bond acceptors (Lipinski definition) is 2. The van der Waals surface area contributed by atoms with E-state index in [1.54, 1.807) is 11.1 Å². The Morgan fingerprint density at radius 2 is 0.855 bits per heavy atom. The van der Waals surface area contributed by atoms with E-state index in [0.717, 1.165) is 0 Å². The second-order valence-corrected chi connectivity index (χ2v) is 23.6. The molecule has 4 atom stereocenters. The van der Waals surface area contributed by atoms with Crippen molar-refractivity contribution < 1.29 is 0 Å². The van der Waals surface area contributed by atoms with Gasteiger partial charge in [-0.15, -0.1) is 0 Å². The first-order valence-corrected chi connectivity index (χ1v) is 26.3. The van der Waals surface area contributed by atoms with E-state index in [1.165, 1.54) is 162 Å². The summed E-state index contributed by atoms with van der Waals surface area (Å²) in [6, 6.07) is 51.8. The van der Waals surface area contributed by atoms with Crippen LogP contribution in [0.3, 0.4) is 0 Å². The average molecular weight is 901 g/mol. The minimum atomic E-state index is -0.205. The van der Waals surface area contributed by atoms with Gasteiger partial charge in [0.05, 0.1) is 11.1 Å². The largest absolute Gasteiger partial charge is 0.334 e. The van der Waals surface area contributed by atoms with Crippen molar-refractivity contribution in [2.75, 3.05) is 9.80 Å². The number of hydrogen-bond donors (Lipinski definition) is 0. The number of aryl methyl sites for hydroxylation is 2. The van der Waals surface area contributed by atoms with Gasteiger partial charge in [0, 0.05) is 39.0 Å². The lowest BCUT2D eigenvalue weighted by Gasteiger charge is -2.50. The molecule has 0 spiro atoms. The highest BCUT2D eigenvalue weighted by molar-refractivity contribution is 6.19. The van der Waals surface area contributed by atoms with Gasteiger partial charge in [-0.05, 0) is 215 Å². The fourth-order valence-electron chi connectivity index (χ4n) is 16.2. The van der Waals surface area contributed by atoms with E-state index >= 15 is 0 Å². The third kappa shape index (κ3) is 5.39. The van der Waals surface area contributed by atoms with Crippen LogP contribution in [0.15, 0.2) is 133 Å². The standard InChI is InChI=1S/C67H68N2/c1-41-37-53(43(3)58-61(41)68(47-23-13-11-14-24-47)66(9)35-21-19-33-64(58,66)7)45-29-31-51-55(39-45)49-27-17-18-28-50(49)57-52-32-30-46(40-56(52)63(5,6)60(51)57)54-38-42(2)62-59(44(54)4)65(8)34-20-22-36-67(65,10)69(62)48-25-15-12-16-26-48/h11-18,23-32,37-40H,19-22,33-36H2,1-10H3. The van der Waals surface area contributed by atoms with Crippen LogP contribution in [0.1, 0.15) is 137 Å². The predicted molar refractivity (Wildman–Crippen MR) is 294 cm³/mol. The van der Waals surface area contributed by atoms with Gasteiger partial charge >= 0.3 is 0 Å². The predicted octanol–water partition coefficient (Wildman–Crippen LogP) is 18.4. The van der Waals surface area contributed by atoms with Crippen molar-refractivity contribution in [1.82, 2.24) is 0 Å². The van der Waals surface area contributed by atoms with E-state index in [1.807, 2.05) is 0 Å². The number of benzene rings is 8. The molecule has 0 radical (unpaired) electrons. The molecular weight excluding hydrogens is 833 g/mol. The molecule has 8 aromatic carbocycles. The Hall–Kier alpha value is -6.12. The third-order valence-electron chi connectivity index (χ3n) is 19.9. The van der Waals surface area contributed by atoms with E-state index in [4.69, 9.17) is 0 Å². The van der Waals surface area contributed by atoms with Crippen molar-refractivity contribution in [2.24, 2.45) is 0 Å². The number of para-hydroxylation sites is 2. The summed E-state index contributed by atoms with van der Waals surface area (Å²) in [5.41, 5.74) is 25.4. The summed E-state index contributed by atoms with van der Waals surface area (Å²) in [6.45, 7) is 24.9. The second kappa shape index (κ2) is 14.5. The highest BCUT2D eigenvalue weighted by atomic mass is 15.3. The maximum absolute atomic E-state index is 2.75. The minimum absolute atomic E-state index is 0.0142. The van der Waals surface area contributed by atoms with Crippen molar-refractivity contribution in [3.63, 3.8) is 0 Å². The summed E-state index contributed by atoms with van der Waals surface area (Å²) in [5.74, 6) is 0. The van der Waals surface area contributed by atoms with Crippen LogP contribution >= 0.6 is 0 Å². The number of rotatable bonds is 4. The number of anilines is 4. The van der Waals surface area contributed by atoms with Crippen LogP contribution in [0, 0.1) is 27.7 Å². The molecule has 3 aliphatic carbocycles. The SMILES string of the molecule is Cc1cc(-c2ccc3c(c2)C(C)(C)c2c-3c3ccccc3c3cc(-c4cc(C)c5c(c4C)C4(C)CCCCC4(C)N5c4ccccc4)ccc23)c(C)c2c1N(c1ccccc1)C1(C)CCCCC21C. The molecule has 2 nitrogen and oxygen atoms in total. The van der Waals surface area contributed by atoms with Crippen molar-refractivity contribution in [3.05, 3.63) is 178 Å². The van der Waals surface area contributed by atoms with Gasteiger partial charge in [0.15, 0.2) is 0 Å². The number of fused-ring (bicyclic) bond motifs is 14. The molecule has 2 fully saturated rings. The monoisotopic (exact) mass is 901 g/mol. The molecule has 69 heavy (non-hydrogen) atoms. The highest BCUT2D eigenvalue weighted by Gasteiger charge is 2.60. The molecular formula is C67H68N2. The zero-order valence-electron chi connectivity index (χ0n) is 42.8. The summed E-state index contributed by atoms with van der Waals surface area (Å²) in [5, 5.41) is 5.44. The molecule has 0 N–H and O–H groups in total. The zero-order valence-corrected chi connectivity index (χ0v) is 42.8. The van der Waals surface area contributed by atoms with E-state index in [-0.39, 0.29) is 27.3 Å². The quantitative estimate of drug-likeness (QED) is 0.162. The summed E-state index contributed by atoms with van der Waals surface area (Å²) in [4.78, 5) is 5.49. The first kappa shape index (κ1) is 42.9. The highest BCUT2D eigenvalue weighted by Crippen LogP contribution is 2.65. The van der Waals surface area contributed by atoms with Crippen LogP contribution in [-0.2, 0) is 16.2 Å². The average Bonchev–Trinajstić information content (AvgIpc) is 3.84. The van der Waals surface area contributed by atoms with Crippen molar-refractivity contribution in [1.29, 1.82) is 0 Å². The molecule has 346 valence electrons. The molecule has 2 heterocycles. The second-order valence-electron chi connectivity index (χ2n) is 23.6. The van der Waals surface area contributed by atoms with Gasteiger partial charge in [-0.3, -0.25) is 0 Å². The molecule has 8 aromatic rings. The van der Waals surface area contributed by atoms with Crippen LogP contribution < -0.4 is 9.80 Å². The molecule has 2 aliphatic heterocycles. The molecule has 2 saturated carbocycles. The Kier molecular flexibility index (Phi) is 9.01. The lowest BCUT2D eigenvalue weighted by atomic mass is 9.60. The lowest BCUT2D eigenvalue weighted by Crippen LogP contribution is -2.54. The topological polar surface area (TPSA) is 6.48 Å². The molecule has 4 unspecified atom stereocenters. The Morgan fingerprint density at radius 1 is 0.391 bits per heavy atom. The van der Waals surface area contributed by atoms with Gasteiger partial charge in [0.1, 0.15) is 0 Å². The Balaban J connectivity index is 0.960. The van der Waals surface area contributed by atoms with Crippen LogP contribution in [0.2, 0.25) is 0 Å². The summed E-state index contributed by atoms with van der Waals surface area (Å²) in [6.07, 6.45) is 9.95. The fourth-order valence-corrected chi connectivity index (χ4v) is 16.2. The molecule has 5 aliphatic rings. The van der Waals surface area contributed by atoms with Gasteiger partial charge in [-0.25, -0.2) is 0 Å². The summed E-state index contributed by atoms with van der Waals surface area (Å²) < 4.78 is 0. The Bertz CT molecular complexity index is 3490. The maximum atomic E-state index is 2.75. The fraction of sp³-hybridized carbons (Fsp3) is 0.343.